The summed E-state index contributed by atoms with van der Waals surface area (Å²) in [5.74, 6) is -2.81. The second-order valence-electron chi connectivity index (χ2n) is 4.09. The SMILES string of the molecule is O=C(O)CN(CC(F)(F)F)C(=O)C1CCOCC1. The first kappa shape index (κ1) is 14.7. The minimum absolute atomic E-state index is 0.309. The van der Waals surface area contributed by atoms with Crippen molar-refractivity contribution in [3.8, 4) is 0 Å². The topological polar surface area (TPSA) is 66.8 Å². The van der Waals surface area contributed by atoms with E-state index in [2.05, 4.69) is 0 Å². The van der Waals surface area contributed by atoms with Crippen LogP contribution in [0.2, 0.25) is 0 Å². The van der Waals surface area contributed by atoms with Crippen LogP contribution in [0.15, 0.2) is 0 Å². The second kappa shape index (κ2) is 6.03. The van der Waals surface area contributed by atoms with Crippen LogP contribution in [0.1, 0.15) is 12.8 Å². The highest BCUT2D eigenvalue weighted by molar-refractivity contribution is 5.83. The zero-order valence-electron chi connectivity index (χ0n) is 9.57. The Labute approximate surface area is 102 Å². The molecule has 8 heteroatoms. The largest absolute Gasteiger partial charge is 0.480 e. The molecule has 1 fully saturated rings. The van der Waals surface area contributed by atoms with Gasteiger partial charge in [0.05, 0.1) is 0 Å². The smallest absolute Gasteiger partial charge is 0.406 e. The van der Waals surface area contributed by atoms with Gasteiger partial charge >= 0.3 is 12.1 Å². The fraction of sp³-hybridized carbons (Fsp3) is 0.800. The van der Waals surface area contributed by atoms with Crippen LogP contribution in [0.25, 0.3) is 0 Å². The molecule has 0 spiro atoms. The summed E-state index contributed by atoms with van der Waals surface area (Å²) in [6.07, 6.45) is -3.95. The molecular weight excluding hydrogens is 255 g/mol. The molecule has 1 aliphatic heterocycles. The third kappa shape index (κ3) is 4.91. The molecule has 0 bridgehead atoms. The fourth-order valence-corrected chi connectivity index (χ4v) is 1.79. The van der Waals surface area contributed by atoms with E-state index in [1.165, 1.54) is 0 Å². The number of halogens is 3. The molecule has 18 heavy (non-hydrogen) atoms. The summed E-state index contributed by atoms with van der Waals surface area (Å²) >= 11 is 0. The summed E-state index contributed by atoms with van der Waals surface area (Å²) < 4.78 is 41.8. The molecule has 0 radical (unpaired) electrons. The molecule has 0 aromatic carbocycles. The van der Waals surface area contributed by atoms with Crippen molar-refractivity contribution in [1.29, 1.82) is 0 Å². The Morgan fingerprint density at radius 2 is 1.83 bits per heavy atom. The number of carboxylic acids is 1. The van der Waals surface area contributed by atoms with Crippen LogP contribution in [0, 0.1) is 5.92 Å². The third-order valence-electron chi connectivity index (χ3n) is 2.58. The maximum Gasteiger partial charge on any atom is 0.406 e. The summed E-state index contributed by atoms with van der Waals surface area (Å²) in [5.41, 5.74) is 0. The lowest BCUT2D eigenvalue weighted by Gasteiger charge is -2.28. The summed E-state index contributed by atoms with van der Waals surface area (Å²) in [4.78, 5) is 22.7. The normalized spacial score (nSPS) is 17.5. The molecule has 5 nitrogen and oxygen atoms in total. The first-order valence-electron chi connectivity index (χ1n) is 5.44. The summed E-state index contributed by atoms with van der Waals surface area (Å²) in [6, 6.07) is 0. The van der Waals surface area contributed by atoms with Crippen molar-refractivity contribution in [2.45, 2.75) is 19.0 Å². The van der Waals surface area contributed by atoms with Gasteiger partial charge in [0, 0.05) is 19.1 Å². The van der Waals surface area contributed by atoms with E-state index in [9.17, 15) is 22.8 Å². The van der Waals surface area contributed by atoms with Gasteiger partial charge in [-0.05, 0) is 12.8 Å². The van der Waals surface area contributed by atoms with E-state index in [1.807, 2.05) is 0 Å². The number of rotatable bonds is 4. The van der Waals surface area contributed by atoms with E-state index in [-0.39, 0.29) is 0 Å². The van der Waals surface area contributed by atoms with Crippen LogP contribution in [-0.4, -0.2) is 54.4 Å². The Morgan fingerprint density at radius 3 is 2.28 bits per heavy atom. The molecule has 1 heterocycles. The number of alkyl halides is 3. The zero-order valence-corrected chi connectivity index (χ0v) is 9.57. The van der Waals surface area contributed by atoms with Crippen molar-refractivity contribution in [3.05, 3.63) is 0 Å². The minimum Gasteiger partial charge on any atom is -0.480 e. The average Bonchev–Trinajstić information content (AvgIpc) is 2.26. The van der Waals surface area contributed by atoms with E-state index in [1.54, 1.807) is 0 Å². The monoisotopic (exact) mass is 269 g/mol. The highest BCUT2D eigenvalue weighted by Gasteiger charge is 2.36. The summed E-state index contributed by atoms with van der Waals surface area (Å²) in [5, 5.41) is 8.54. The molecule has 104 valence electrons. The quantitative estimate of drug-likeness (QED) is 0.823. The first-order chi connectivity index (χ1) is 8.29. The van der Waals surface area contributed by atoms with Gasteiger partial charge in [0.1, 0.15) is 13.1 Å². The number of ether oxygens (including phenoxy) is 1. The molecule has 0 saturated carbocycles. The number of hydrogen-bond acceptors (Lipinski definition) is 3. The Kier molecular flexibility index (Phi) is 4.94. The summed E-state index contributed by atoms with van der Waals surface area (Å²) in [7, 11) is 0. The first-order valence-corrected chi connectivity index (χ1v) is 5.44. The van der Waals surface area contributed by atoms with Gasteiger partial charge in [0.25, 0.3) is 0 Å². The van der Waals surface area contributed by atoms with Crippen LogP contribution in [-0.2, 0) is 14.3 Å². The number of amides is 1. The van der Waals surface area contributed by atoms with Gasteiger partial charge in [0.2, 0.25) is 5.91 Å². The van der Waals surface area contributed by atoms with Crippen molar-refractivity contribution < 1.29 is 32.6 Å². The van der Waals surface area contributed by atoms with Gasteiger partial charge in [-0.3, -0.25) is 9.59 Å². The maximum atomic E-state index is 12.3. The molecule has 1 N–H and O–H groups in total. The minimum atomic E-state index is -4.60. The number of hydrogen-bond donors (Lipinski definition) is 1. The predicted octanol–water partition coefficient (Wildman–Crippen LogP) is 0.889. The molecule has 1 rings (SSSR count). The van der Waals surface area contributed by atoms with Gasteiger partial charge in [-0.25, -0.2) is 0 Å². The Morgan fingerprint density at radius 1 is 1.28 bits per heavy atom. The fourth-order valence-electron chi connectivity index (χ4n) is 1.79. The molecule has 1 aliphatic rings. The van der Waals surface area contributed by atoms with Gasteiger partial charge in [-0.15, -0.1) is 0 Å². The molecule has 0 unspecified atom stereocenters. The van der Waals surface area contributed by atoms with Crippen molar-refractivity contribution in [3.63, 3.8) is 0 Å². The van der Waals surface area contributed by atoms with Crippen LogP contribution in [0.4, 0.5) is 13.2 Å². The number of aliphatic carboxylic acids is 1. The number of carbonyl (C=O) groups is 2. The third-order valence-corrected chi connectivity index (χ3v) is 2.58. The zero-order chi connectivity index (χ0) is 13.8. The lowest BCUT2D eigenvalue weighted by molar-refractivity contribution is -0.169. The lowest BCUT2D eigenvalue weighted by atomic mass is 9.98. The standard InChI is InChI=1S/C10H14F3NO4/c11-10(12,13)6-14(5-8(15)16)9(17)7-1-3-18-4-2-7/h7H,1-6H2,(H,15,16). The van der Waals surface area contributed by atoms with Crippen molar-refractivity contribution in [1.82, 2.24) is 4.90 Å². The molecule has 1 saturated heterocycles. The molecule has 1 amide bonds. The van der Waals surface area contributed by atoms with Crippen LogP contribution in [0.5, 0.6) is 0 Å². The molecular formula is C10H14F3NO4. The van der Waals surface area contributed by atoms with E-state index in [4.69, 9.17) is 9.84 Å². The number of carboxylic acid groups (broad SMARTS) is 1. The highest BCUT2D eigenvalue weighted by Crippen LogP contribution is 2.21. The van der Waals surface area contributed by atoms with Crippen molar-refractivity contribution in [2.24, 2.45) is 5.92 Å². The Hall–Kier alpha value is -1.31. The van der Waals surface area contributed by atoms with E-state index in [0.29, 0.717) is 31.0 Å². The van der Waals surface area contributed by atoms with E-state index < -0.39 is 37.1 Å². The van der Waals surface area contributed by atoms with Crippen molar-refractivity contribution >= 4 is 11.9 Å². The lowest BCUT2D eigenvalue weighted by Crippen LogP contribution is -2.45. The van der Waals surface area contributed by atoms with E-state index >= 15 is 0 Å². The second-order valence-corrected chi connectivity index (χ2v) is 4.09. The van der Waals surface area contributed by atoms with Crippen LogP contribution >= 0.6 is 0 Å². The number of nitrogens with zero attached hydrogens (tertiary/aromatic N) is 1. The summed E-state index contributed by atoms with van der Waals surface area (Å²) in [6.45, 7) is -1.85. The van der Waals surface area contributed by atoms with Gasteiger partial charge < -0.3 is 14.7 Å². The van der Waals surface area contributed by atoms with Crippen molar-refractivity contribution in [2.75, 3.05) is 26.3 Å². The predicted molar refractivity (Wildman–Crippen MR) is 53.8 cm³/mol. The molecule has 0 atom stereocenters. The Balaban J connectivity index is 2.68. The van der Waals surface area contributed by atoms with E-state index in [0.717, 1.165) is 0 Å². The highest BCUT2D eigenvalue weighted by atomic mass is 19.4. The van der Waals surface area contributed by atoms with Gasteiger partial charge in [-0.1, -0.05) is 0 Å². The van der Waals surface area contributed by atoms with Gasteiger partial charge in [0.15, 0.2) is 0 Å². The average molecular weight is 269 g/mol. The van der Waals surface area contributed by atoms with Crippen LogP contribution < -0.4 is 0 Å². The maximum absolute atomic E-state index is 12.3. The van der Waals surface area contributed by atoms with Crippen LogP contribution in [0.3, 0.4) is 0 Å². The molecule has 0 aromatic rings. The molecule has 0 aromatic heterocycles. The Bertz CT molecular complexity index is 313. The number of carbonyl (C=O) groups excluding carboxylic acids is 1. The molecule has 0 aliphatic carbocycles. The van der Waals surface area contributed by atoms with Gasteiger partial charge in [-0.2, -0.15) is 13.2 Å².